The van der Waals surface area contributed by atoms with Crippen molar-refractivity contribution in [2.75, 3.05) is 0 Å². The summed E-state index contributed by atoms with van der Waals surface area (Å²) in [7, 11) is 0. The maximum Gasteiger partial charge on any atom is 0.102 e. The van der Waals surface area contributed by atoms with E-state index in [0.29, 0.717) is 34.8 Å². The van der Waals surface area contributed by atoms with Gasteiger partial charge in [0.1, 0.15) is 6.10 Å². The van der Waals surface area contributed by atoms with Gasteiger partial charge in [-0.25, -0.2) is 0 Å². The van der Waals surface area contributed by atoms with E-state index in [1.807, 2.05) is 13.8 Å². The molecule has 3 heteroatoms. The van der Waals surface area contributed by atoms with Crippen LogP contribution in [0, 0.1) is 23.2 Å². The van der Waals surface area contributed by atoms with Crippen molar-refractivity contribution < 1.29 is 15.3 Å². The lowest BCUT2D eigenvalue weighted by Crippen LogP contribution is -2.36. The van der Waals surface area contributed by atoms with Gasteiger partial charge < -0.3 is 15.3 Å². The molecule has 3 rings (SSSR count). The number of allylic oxidation sites excluding steroid dienone is 3. The fourth-order valence-corrected chi connectivity index (χ4v) is 6.71. The van der Waals surface area contributed by atoms with Crippen LogP contribution in [-0.2, 0) is 0 Å². The molecule has 174 valence electrons. The number of aliphatic hydroxyl groups excluding tert-OH is 2. The first kappa shape index (κ1) is 24.5. The monoisotopic (exact) mass is 428 g/mol. The van der Waals surface area contributed by atoms with Crippen molar-refractivity contribution in [3.63, 3.8) is 0 Å². The van der Waals surface area contributed by atoms with Crippen LogP contribution in [0.4, 0.5) is 0 Å². The van der Waals surface area contributed by atoms with Crippen molar-refractivity contribution in [3.8, 4) is 0 Å². The van der Waals surface area contributed by atoms with Crippen LogP contribution in [0.2, 0.25) is 0 Å². The van der Waals surface area contributed by atoms with Gasteiger partial charge in [0.2, 0.25) is 0 Å². The summed E-state index contributed by atoms with van der Waals surface area (Å²) in [6.07, 6.45) is 12.7. The molecule has 3 fully saturated rings. The lowest BCUT2D eigenvalue weighted by atomic mass is 9.60. The summed E-state index contributed by atoms with van der Waals surface area (Å²) in [5, 5.41) is 30.5. The van der Waals surface area contributed by atoms with Gasteiger partial charge in [0, 0.05) is 6.42 Å². The average Bonchev–Trinajstić information content (AvgIpc) is 3.04. The molecule has 2 unspecified atom stereocenters. The summed E-state index contributed by atoms with van der Waals surface area (Å²) in [4.78, 5) is 0. The Morgan fingerprint density at radius 1 is 1.19 bits per heavy atom. The normalized spacial score (nSPS) is 38.0. The first-order valence-electron chi connectivity index (χ1n) is 12.3. The molecule has 6 atom stereocenters. The van der Waals surface area contributed by atoms with E-state index in [4.69, 9.17) is 0 Å². The summed E-state index contributed by atoms with van der Waals surface area (Å²) in [6, 6.07) is 0. The lowest BCUT2D eigenvalue weighted by Gasteiger charge is -2.44. The summed E-state index contributed by atoms with van der Waals surface area (Å²) >= 11 is 0. The van der Waals surface area contributed by atoms with Crippen LogP contribution in [0.15, 0.2) is 47.6 Å². The third kappa shape index (κ3) is 5.26. The highest BCUT2D eigenvalue weighted by Gasteiger charge is 2.50. The van der Waals surface area contributed by atoms with Crippen molar-refractivity contribution >= 4 is 0 Å². The minimum absolute atomic E-state index is 0.355. The molecule has 3 nitrogen and oxygen atoms in total. The van der Waals surface area contributed by atoms with Crippen molar-refractivity contribution in [1.82, 2.24) is 0 Å². The van der Waals surface area contributed by atoms with Crippen LogP contribution in [0.3, 0.4) is 0 Å². The third-order valence-corrected chi connectivity index (χ3v) is 8.61. The van der Waals surface area contributed by atoms with E-state index >= 15 is 0 Å². The van der Waals surface area contributed by atoms with Gasteiger partial charge in [-0.1, -0.05) is 57.6 Å². The summed E-state index contributed by atoms with van der Waals surface area (Å²) in [5.74, 6) is 2.05. The van der Waals surface area contributed by atoms with Gasteiger partial charge in [-0.15, -0.1) is 0 Å². The van der Waals surface area contributed by atoms with Gasteiger partial charge in [0.15, 0.2) is 0 Å². The van der Waals surface area contributed by atoms with E-state index in [9.17, 15) is 15.3 Å². The fraction of sp³-hybridized carbons (Fsp3) is 0.714. The van der Waals surface area contributed by atoms with E-state index in [-0.39, 0.29) is 0 Å². The standard InChI is InChI=1S/C28H44O3/c1-18(9-7-15-27(4,5)31)23-13-14-24-21(10-8-16-28(23,24)6)11-12-22-17-25(29)20(3)26(30)19(22)2/h11-12,18,23-26,29-31H,2-3,7-10,13-17H2,1,4-6H3/b21-11+,22-12-/t18-,23+,24?,25+,26?,28+/m0/s1. The smallest absolute Gasteiger partial charge is 0.102 e. The van der Waals surface area contributed by atoms with Crippen molar-refractivity contribution in [2.45, 2.75) is 103 Å². The number of hydrogen-bond acceptors (Lipinski definition) is 3. The molecule has 0 aromatic carbocycles. The summed E-state index contributed by atoms with van der Waals surface area (Å²) in [5.41, 5.74) is 3.41. The zero-order chi connectivity index (χ0) is 23.0. The minimum atomic E-state index is -0.842. The Morgan fingerprint density at radius 2 is 1.90 bits per heavy atom. The maximum atomic E-state index is 10.3. The molecule has 3 aliphatic carbocycles. The number of fused-ring (bicyclic) bond motifs is 1. The van der Waals surface area contributed by atoms with Crippen LogP contribution in [0.25, 0.3) is 0 Å². The van der Waals surface area contributed by atoms with E-state index in [0.717, 1.165) is 30.8 Å². The highest BCUT2D eigenvalue weighted by atomic mass is 16.3. The van der Waals surface area contributed by atoms with E-state index in [2.05, 4.69) is 39.2 Å². The van der Waals surface area contributed by atoms with Gasteiger partial charge >= 0.3 is 0 Å². The minimum Gasteiger partial charge on any atom is -0.390 e. The molecule has 0 bridgehead atoms. The second-order valence-corrected chi connectivity index (χ2v) is 11.4. The Bertz CT molecular complexity index is 753. The van der Waals surface area contributed by atoms with E-state index < -0.39 is 17.8 Å². The topological polar surface area (TPSA) is 60.7 Å². The van der Waals surface area contributed by atoms with Gasteiger partial charge in [0.25, 0.3) is 0 Å². The molecule has 0 aromatic rings. The van der Waals surface area contributed by atoms with Gasteiger partial charge in [-0.2, -0.15) is 0 Å². The van der Waals surface area contributed by atoms with Gasteiger partial charge in [-0.05, 0) is 92.3 Å². The van der Waals surface area contributed by atoms with Crippen LogP contribution >= 0.6 is 0 Å². The molecule has 0 aliphatic heterocycles. The summed E-state index contributed by atoms with van der Waals surface area (Å²) < 4.78 is 0. The molecule has 0 radical (unpaired) electrons. The lowest BCUT2D eigenvalue weighted by molar-refractivity contribution is 0.0596. The predicted octanol–water partition coefficient (Wildman–Crippen LogP) is 5.87. The van der Waals surface area contributed by atoms with Crippen molar-refractivity contribution in [2.24, 2.45) is 23.2 Å². The first-order valence-corrected chi connectivity index (χ1v) is 12.3. The first-order chi connectivity index (χ1) is 14.4. The molecule has 3 aliphatic rings. The highest BCUT2D eigenvalue weighted by molar-refractivity contribution is 5.45. The number of hydrogen-bond donors (Lipinski definition) is 3. The molecule has 0 aromatic heterocycles. The molecule has 31 heavy (non-hydrogen) atoms. The Labute approximate surface area is 189 Å². The van der Waals surface area contributed by atoms with E-state index in [1.165, 1.54) is 37.7 Å². The molecule has 0 heterocycles. The Hall–Kier alpha value is -1.16. The largest absolute Gasteiger partial charge is 0.390 e. The third-order valence-electron chi connectivity index (χ3n) is 8.61. The maximum absolute atomic E-state index is 10.3. The molecule has 0 spiro atoms. The van der Waals surface area contributed by atoms with Crippen molar-refractivity contribution in [1.29, 1.82) is 0 Å². The molecule has 3 N–H and O–H groups in total. The summed E-state index contributed by atoms with van der Waals surface area (Å²) in [6.45, 7) is 16.6. The van der Waals surface area contributed by atoms with Crippen LogP contribution < -0.4 is 0 Å². The highest BCUT2D eigenvalue weighted by Crippen LogP contribution is 2.60. The zero-order valence-electron chi connectivity index (χ0n) is 20.2. The zero-order valence-corrected chi connectivity index (χ0v) is 20.2. The van der Waals surface area contributed by atoms with Gasteiger partial charge in [0.05, 0.1) is 11.7 Å². The Balaban J connectivity index is 1.72. The molecule has 0 saturated heterocycles. The second kappa shape index (κ2) is 9.37. The number of rotatable bonds is 6. The van der Waals surface area contributed by atoms with Crippen LogP contribution in [0.5, 0.6) is 0 Å². The van der Waals surface area contributed by atoms with Crippen LogP contribution in [0.1, 0.15) is 85.5 Å². The average molecular weight is 429 g/mol. The predicted molar refractivity (Wildman–Crippen MR) is 129 cm³/mol. The SMILES string of the molecule is C=C1/C(=C\C=C2/CCC[C@@]3(C)C2CC[C@@H]3[C@@H](C)CCCC(C)(C)O)C[C@@H](O)C(=C)C1O. The molecule has 0 amide bonds. The second-order valence-electron chi connectivity index (χ2n) is 11.4. The van der Waals surface area contributed by atoms with Crippen molar-refractivity contribution in [3.05, 3.63) is 47.6 Å². The van der Waals surface area contributed by atoms with Gasteiger partial charge in [-0.3, -0.25) is 0 Å². The molecule has 3 saturated carbocycles. The Morgan fingerprint density at radius 3 is 2.58 bits per heavy atom. The number of aliphatic hydroxyl groups is 3. The fourth-order valence-electron chi connectivity index (χ4n) is 6.71. The Kier molecular flexibility index (Phi) is 7.40. The molecular formula is C28H44O3. The van der Waals surface area contributed by atoms with Crippen LogP contribution in [-0.4, -0.2) is 33.1 Å². The van der Waals surface area contributed by atoms with E-state index in [1.54, 1.807) is 0 Å². The molecular weight excluding hydrogens is 384 g/mol. The quantitative estimate of drug-likeness (QED) is 0.464.